The molecule has 18 heavy (non-hydrogen) atoms. The summed E-state index contributed by atoms with van der Waals surface area (Å²) in [5, 5.41) is 3.98. The van der Waals surface area contributed by atoms with Crippen LogP contribution in [0.25, 0.3) is 0 Å². The molecule has 0 atom stereocenters. The molecule has 4 nitrogen and oxygen atoms in total. The lowest BCUT2D eigenvalue weighted by molar-refractivity contribution is 0.152. The fraction of sp³-hybridized carbons (Fsp3) is 0.429. The zero-order valence-electron chi connectivity index (χ0n) is 11.2. The lowest BCUT2D eigenvalue weighted by Gasteiger charge is -2.04. The summed E-state index contributed by atoms with van der Waals surface area (Å²) in [4.78, 5) is 11.1. The number of hydrogen-bond acceptors (Lipinski definition) is 3. The van der Waals surface area contributed by atoms with Gasteiger partial charge in [0.1, 0.15) is 0 Å². The summed E-state index contributed by atoms with van der Waals surface area (Å²) in [6, 6.07) is 8.19. The van der Waals surface area contributed by atoms with Gasteiger partial charge in [-0.1, -0.05) is 37.6 Å². The summed E-state index contributed by atoms with van der Waals surface area (Å²) >= 11 is 0. The maximum Gasteiger partial charge on any atom is 0.427 e. The van der Waals surface area contributed by atoms with Crippen LogP contribution in [0.2, 0.25) is 0 Å². The van der Waals surface area contributed by atoms with Crippen molar-refractivity contribution in [2.24, 2.45) is 5.10 Å². The van der Waals surface area contributed by atoms with E-state index in [-0.39, 0.29) is 0 Å². The number of hydrogen-bond donors (Lipinski definition) is 1. The predicted octanol–water partition coefficient (Wildman–Crippen LogP) is 3.11. The van der Waals surface area contributed by atoms with Gasteiger partial charge in [-0.05, 0) is 31.4 Å². The molecule has 0 fully saturated rings. The number of hydrazone groups is 1. The number of carbonyl (C=O) groups excluding carboxylic acids is 1. The van der Waals surface area contributed by atoms with Gasteiger partial charge < -0.3 is 4.74 Å². The van der Waals surface area contributed by atoms with Crippen LogP contribution in [-0.4, -0.2) is 18.4 Å². The number of ether oxygens (including phenoxy) is 1. The number of rotatable bonds is 5. The van der Waals surface area contributed by atoms with Gasteiger partial charge in [0.15, 0.2) is 0 Å². The average Bonchev–Trinajstić information content (AvgIpc) is 2.37. The zero-order chi connectivity index (χ0) is 13.4. The fourth-order valence-electron chi connectivity index (χ4n) is 1.56. The average molecular weight is 248 g/mol. The van der Waals surface area contributed by atoms with Crippen molar-refractivity contribution in [1.29, 1.82) is 0 Å². The van der Waals surface area contributed by atoms with Crippen molar-refractivity contribution in [1.82, 2.24) is 5.43 Å². The third-order valence-corrected chi connectivity index (χ3v) is 2.50. The van der Waals surface area contributed by atoms with Crippen LogP contribution in [0.3, 0.4) is 0 Å². The van der Waals surface area contributed by atoms with Gasteiger partial charge in [-0.15, -0.1) is 0 Å². The number of nitrogens with one attached hydrogen (secondary N) is 1. The zero-order valence-corrected chi connectivity index (χ0v) is 11.2. The van der Waals surface area contributed by atoms with Crippen molar-refractivity contribution >= 4 is 11.8 Å². The number of benzene rings is 1. The summed E-state index contributed by atoms with van der Waals surface area (Å²) in [6.07, 6.45) is 1.69. The molecule has 0 aliphatic carbocycles. The minimum absolute atomic E-state index is 0.339. The maximum absolute atomic E-state index is 11.1. The number of amides is 1. The molecule has 1 rings (SSSR count). The highest BCUT2D eigenvalue weighted by molar-refractivity contribution is 5.99. The summed E-state index contributed by atoms with van der Waals surface area (Å²) in [7, 11) is 0. The molecule has 4 heteroatoms. The molecule has 0 spiro atoms. The van der Waals surface area contributed by atoms with E-state index < -0.39 is 6.09 Å². The highest BCUT2D eigenvalue weighted by atomic mass is 16.5. The quantitative estimate of drug-likeness (QED) is 0.643. The molecule has 0 saturated carbocycles. The van der Waals surface area contributed by atoms with Crippen LogP contribution < -0.4 is 5.43 Å². The molecule has 0 aliphatic heterocycles. The van der Waals surface area contributed by atoms with Crippen LogP contribution in [0.15, 0.2) is 29.4 Å². The third kappa shape index (κ3) is 4.57. The normalized spacial score (nSPS) is 11.2. The second-order valence-electron chi connectivity index (χ2n) is 3.98. The summed E-state index contributed by atoms with van der Waals surface area (Å²) in [6.45, 7) is 6.10. The van der Waals surface area contributed by atoms with Crippen LogP contribution in [0.1, 0.15) is 38.3 Å². The van der Waals surface area contributed by atoms with E-state index >= 15 is 0 Å². The van der Waals surface area contributed by atoms with E-state index in [1.54, 1.807) is 6.92 Å². The summed E-state index contributed by atoms with van der Waals surface area (Å²) < 4.78 is 4.72. The summed E-state index contributed by atoms with van der Waals surface area (Å²) in [5.74, 6) is 0. The van der Waals surface area contributed by atoms with Gasteiger partial charge in [-0.3, -0.25) is 0 Å². The fourth-order valence-corrected chi connectivity index (χ4v) is 1.56. The number of nitrogens with zero attached hydrogens (tertiary/aromatic N) is 1. The minimum Gasteiger partial charge on any atom is -0.449 e. The van der Waals surface area contributed by atoms with Gasteiger partial charge in [-0.25, -0.2) is 10.2 Å². The van der Waals surface area contributed by atoms with Gasteiger partial charge in [0.05, 0.1) is 12.3 Å². The van der Waals surface area contributed by atoms with E-state index in [0.29, 0.717) is 6.61 Å². The van der Waals surface area contributed by atoms with E-state index in [1.165, 1.54) is 5.56 Å². The van der Waals surface area contributed by atoms with E-state index in [1.807, 2.05) is 19.1 Å². The molecule has 0 saturated heterocycles. The van der Waals surface area contributed by atoms with Crippen molar-refractivity contribution in [3.63, 3.8) is 0 Å². The highest BCUT2D eigenvalue weighted by Gasteiger charge is 2.00. The van der Waals surface area contributed by atoms with Gasteiger partial charge in [0, 0.05) is 0 Å². The molecule has 1 N–H and O–H groups in total. The Bertz CT molecular complexity index is 410. The van der Waals surface area contributed by atoms with E-state index in [9.17, 15) is 4.79 Å². The Hall–Kier alpha value is -1.84. The van der Waals surface area contributed by atoms with Crippen LogP contribution >= 0.6 is 0 Å². The maximum atomic E-state index is 11.1. The van der Waals surface area contributed by atoms with Crippen molar-refractivity contribution < 1.29 is 9.53 Å². The minimum atomic E-state index is -0.528. The van der Waals surface area contributed by atoms with Crippen molar-refractivity contribution in [2.45, 2.75) is 33.6 Å². The standard InChI is InChI=1S/C14H20N2O2/c1-4-6-12-7-9-13(10-8-12)11(3)15-16-14(17)18-5-2/h7-10H,4-6H2,1-3H3,(H,16,17)/b15-11+. The van der Waals surface area contributed by atoms with Crippen molar-refractivity contribution in [2.75, 3.05) is 6.61 Å². The lowest BCUT2D eigenvalue weighted by Crippen LogP contribution is -2.20. The molecule has 0 unspecified atom stereocenters. The highest BCUT2D eigenvalue weighted by Crippen LogP contribution is 2.07. The third-order valence-electron chi connectivity index (χ3n) is 2.50. The van der Waals surface area contributed by atoms with Crippen LogP contribution in [0, 0.1) is 0 Å². The Kier molecular flexibility index (Phi) is 5.91. The summed E-state index contributed by atoms with van der Waals surface area (Å²) in [5.41, 5.74) is 5.41. The molecule has 0 heterocycles. The molecule has 1 aromatic carbocycles. The van der Waals surface area contributed by atoms with Gasteiger partial charge in [-0.2, -0.15) is 5.10 Å². The molecule has 0 aromatic heterocycles. The first-order chi connectivity index (χ1) is 8.67. The molecule has 0 radical (unpaired) electrons. The Labute approximate surface area is 108 Å². The predicted molar refractivity (Wildman–Crippen MR) is 72.8 cm³/mol. The topological polar surface area (TPSA) is 50.7 Å². The number of aryl methyl sites for hydroxylation is 1. The van der Waals surface area contributed by atoms with Gasteiger partial charge in [0.25, 0.3) is 0 Å². The molecule has 1 amide bonds. The van der Waals surface area contributed by atoms with Crippen LogP contribution in [-0.2, 0) is 11.2 Å². The van der Waals surface area contributed by atoms with E-state index in [2.05, 4.69) is 29.6 Å². The molecular weight excluding hydrogens is 228 g/mol. The number of carbonyl (C=O) groups is 1. The Morgan fingerprint density at radius 3 is 2.50 bits per heavy atom. The first-order valence-electron chi connectivity index (χ1n) is 6.23. The van der Waals surface area contributed by atoms with Crippen LogP contribution in [0.5, 0.6) is 0 Å². The Morgan fingerprint density at radius 2 is 1.94 bits per heavy atom. The van der Waals surface area contributed by atoms with Crippen LogP contribution in [0.4, 0.5) is 4.79 Å². The smallest absolute Gasteiger partial charge is 0.427 e. The van der Waals surface area contributed by atoms with Gasteiger partial charge in [0.2, 0.25) is 0 Å². The first-order valence-corrected chi connectivity index (χ1v) is 6.23. The Morgan fingerprint density at radius 1 is 1.28 bits per heavy atom. The molecule has 0 bridgehead atoms. The lowest BCUT2D eigenvalue weighted by atomic mass is 10.1. The van der Waals surface area contributed by atoms with Crippen molar-refractivity contribution in [3.8, 4) is 0 Å². The SMILES string of the molecule is CCCc1ccc(/C(C)=N/NC(=O)OCC)cc1. The largest absolute Gasteiger partial charge is 0.449 e. The second-order valence-corrected chi connectivity index (χ2v) is 3.98. The second kappa shape index (κ2) is 7.48. The van der Waals surface area contributed by atoms with E-state index in [4.69, 9.17) is 4.74 Å². The van der Waals surface area contributed by atoms with Crippen molar-refractivity contribution in [3.05, 3.63) is 35.4 Å². The molecule has 0 aliphatic rings. The molecule has 1 aromatic rings. The first kappa shape index (κ1) is 14.2. The van der Waals surface area contributed by atoms with Gasteiger partial charge >= 0.3 is 6.09 Å². The molecule has 98 valence electrons. The van der Waals surface area contributed by atoms with E-state index in [0.717, 1.165) is 24.1 Å². The Balaban J connectivity index is 2.62. The molecular formula is C14H20N2O2. The monoisotopic (exact) mass is 248 g/mol.